The summed E-state index contributed by atoms with van der Waals surface area (Å²) in [6, 6.07) is 3.36. The number of amides is 1. The zero-order chi connectivity index (χ0) is 19.6. The Hall–Kier alpha value is -2.29. The Morgan fingerprint density at radius 1 is 1.11 bits per heavy atom. The van der Waals surface area contributed by atoms with Crippen molar-refractivity contribution in [3.63, 3.8) is 0 Å². The average molecular weight is 390 g/mol. The van der Waals surface area contributed by atoms with Gasteiger partial charge < -0.3 is 19.7 Å². The van der Waals surface area contributed by atoms with E-state index < -0.39 is 13.2 Å². The second kappa shape index (κ2) is 10.8. The minimum Gasteiger partial charge on any atom is -0.435 e. The normalized spacial score (nSPS) is 15.5. The maximum Gasteiger partial charge on any atom is 0.387 e. The van der Waals surface area contributed by atoms with Crippen LogP contribution in [0.4, 0.5) is 17.6 Å². The Labute approximate surface area is 154 Å². The van der Waals surface area contributed by atoms with Crippen LogP contribution in [0, 0.1) is 0 Å². The molecule has 0 bridgehead atoms. The Bertz CT molecular complexity index is 635. The number of piperidine rings is 1. The maximum atomic E-state index is 12.5. The highest BCUT2D eigenvalue weighted by molar-refractivity contribution is 5.92. The molecule has 5 nitrogen and oxygen atoms in total. The van der Waals surface area contributed by atoms with E-state index in [1.54, 1.807) is 0 Å². The number of rotatable bonds is 9. The van der Waals surface area contributed by atoms with E-state index in [0.717, 1.165) is 38.5 Å². The van der Waals surface area contributed by atoms with Crippen molar-refractivity contribution in [2.75, 3.05) is 26.2 Å². The van der Waals surface area contributed by atoms with Crippen LogP contribution in [-0.2, 0) is 4.79 Å². The average Bonchev–Trinajstić information content (AvgIpc) is 2.61. The molecule has 0 radical (unpaired) electrons. The second-order valence-corrected chi connectivity index (χ2v) is 5.98. The molecule has 0 spiro atoms. The Morgan fingerprint density at radius 3 is 2.48 bits per heavy atom. The van der Waals surface area contributed by atoms with Gasteiger partial charge in [0.25, 0.3) is 0 Å². The SMILES string of the molecule is O=C(C=Cc1ccc(OC(F)F)cc1OC(F)F)NCCN1CCCCC1. The van der Waals surface area contributed by atoms with Gasteiger partial charge in [-0.3, -0.25) is 4.79 Å². The number of carbonyl (C=O) groups excluding carboxylic acids is 1. The molecule has 1 aliphatic heterocycles. The zero-order valence-corrected chi connectivity index (χ0v) is 14.7. The molecule has 1 saturated heterocycles. The number of carbonyl (C=O) groups is 1. The monoisotopic (exact) mass is 390 g/mol. The van der Waals surface area contributed by atoms with E-state index in [1.807, 2.05) is 0 Å². The molecular formula is C18H22F4N2O3. The smallest absolute Gasteiger partial charge is 0.387 e. The first-order valence-corrected chi connectivity index (χ1v) is 8.66. The minimum atomic E-state index is -3.14. The molecule has 150 valence electrons. The lowest BCUT2D eigenvalue weighted by Gasteiger charge is -2.26. The van der Waals surface area contributed by atoms with Crippen LogP contribution < -0.4 is 14.8 Å². The quantitative estimate of drug-likeness (QED) is 0.518. The highest BCUT2D eigenvalue weighted by Gasteiger charge is 2.13. The van der Waals surface area contributed by atoms with Gasteiger partial charge in [0, 0.05) is 30.8 Å². The summed E-state index contributed by atoms with van der Waals surface area (Å²) in [7, 11) is 0. The van der Waals surface area contributed by atoms with Gasteiger partial charge in [0.2, 0.25) is 5.91 Å². The summed E-state index contributed by atoms with van der Waals surface area (Å²) in [5, 5.41) is 2.72. The number of alkyl halides is 4. The van der Waals surface area contributed by atoms with Crippen molar-refractivity contribution in [2.45, 2.75) is 32.5 Å². The first-order valence-electron chi connectivity index (χ1n) is 8.66. The Morgan fingerprint density at radius 2 is 1.81 bits per heavy atom. The van der Waals surface area contributed by atoms with Crippen LogP contribution in [0.25, 0.3) is 6.08 Å². The van der Waals surface area contributed by atoms with Crippen molar-refractivity contribution < 1.29 is 31.8 Å². The number of hydrogen-bond acceptors (Lipinski definition) is 4. The predicted octanol–water partition coefficient (Wildman–Crippen LogP) is 3.50. The topological polar surface area (TPSA) is 50.8 Å². The van der Waals surface area contributed by atoms with Gasteiger partial charge in [-0.25, -0.2) is 0 Å². The van der Waals surface area contributed by atoms with Crippen LogP contribution in [0.15, 0.2) is 24.3 Å². The summed E-state index contributed by atoms with van der Waals surface area (Å²) >= 11 is 0. The van der Waals surface area contributed by atoms with Gasteiger partial charge in [-0.05, 0) is 44.1 Å². The molecule has 1 aromatic rings. The highest BCUT2D eigenvalue weighted by Crippen LogP contribution is 2.28. The molecule has 0 saturated carbocycles. The molecule has 1 amide bonds. The van der Waals surface area contributed by atoms with Gasteiger partial charge in [0.1, 0.15) is 11.5 Å². The molecule has 1 fully saturated rings. The van der Waals surface area contributed by atoms with E-state index in [2.05, 4.69) is 19.7 Å². The number of nitrogens with one attached hydrogen (secondary N) is 1. The lowest BCUT2D eigenvalue weighted by atomic mass is 10.1. The molecule has 0 aromatic heterocycles. The molecular weight excluding hydrogens is 368 g/mol. The third kappa shape index (κ3) is 7.86. The number of ether oxygens (including phenoxy) is 2. The largest absolute Gasteiger partial charge is 0.435 e. The van der Waals surface area contributed by atoms with Crippen molar-refractivity contribution in [1.29, 1.82) is 0 Å². The molecule has 27 heavy (non-hydrogen) atoms. The van der Waals surface area contributed by atoms with Gasteiger partial charge in [0.15, 0.2) is 0 Å². The molecule has 0 atom stereocenters. The van der Waals surface area contributed by atoms with Crippen LogP contribution in [0.3, 0.4) is 0 Å². The van der Waals surface area contributed by atoms with E-state index in [-0.39, 0.29) is 23.0 Å². The third-order valence-corrected chi connectivity index (χ3v) is 4.02. The number of halogens is 4. The van der Waals surface area contributed by atoms with E-state index in [4.69, 9.17) is 0 Å². The number of benzene rings is 1. The Balaban J connectivity index is 1.91. The van der Waals surface area contributed by atoms with Crippen LogP contribution in [-0.4, -0.2) is 50.2 Å². The lowest BCUT2D eigenvalue weighted by molar-refractivity contribution is -0.116. The van der Waals surface area contributed by atoms with E-state index in [0.29, 0.717) is 6.54 Å². The van der Waals surface area contributed by atoms with Gasteiger partial charge in [-0.15, -0.1) is 0 Å². The van der Waals surface area contributed by atoms with Crippen molar-refractivity contribution in [3.8, 4) is 11.5 Å². The summed E-state index contributed by atoms with van der Waals surface area (Å²) in [4.78, 5) is 14.1. The predicted molar refractivity (Wildman–Crippen MR) is 92.0 cm³/mol. The molecule has 1 aliphatic rings. The van der Waals surface area contributed by atoms with Gasteiger partial charge in [0.05, 0.1) is 0 Å². The molecule has 1 N–H and O–H groups in total. The summed E-state index contributed by atoms with van der Waals surface area (Å²) in [5.41, 5.74) is 0.142. The van der Waals surface area contributed by atoms with Gasteiger partial charge in [-0.2, -0.15) is 17.6 Å². The molecule has 0 aliphatic carbocycles. The molecule has 1 aromatic carbocycles. The van der Waals surface area contributed by atoms with Gasteiger partial charge >= 0.3 is 13.2 Å². The number of nitrogens with zero attached hydrogens (tertiary/aromatic N) is 1. The second-order valence-electron chi connectivity index (χ2n) is 5.98. The van der Waals surface area contributed by atoms with E-state index >= 15 is 0 Å². The number of hydrogen-bond donors (Lipinski definition) is 1. The summed E-state index contributed by atoms with van der Waals surface area (Å²) in [5.74, 6) is -1.06. The van der Waals surface area contributed by atoms with Crippen LogP contribution in [0.2, 0.25) is 0 Å². The zero-order valence-electron chi connectivity index (χ0n) is 14.7. The molecule has 0 unspecified atom stereocenters. The molecule has 1 heterocycles. The van der Waals surface area contributed by atoms with Crippen LogP contribution >= 0.6 is 0 Å². The fraction of sp³-hybridized carbons (Fsp3) is 0.500. The first-order chi connectivity index (χ1) is 12.9. The lowest BCUT2D eigenvalue weighted by Crippen LogP contribution is -2.37. The summed E-state index contributed by atoms with van der Waals surface area (Å²) < 4.78 is 58.0. The van der Waals surface area contributed by atoms with Crippen molar-refractivity contribution >= 4 is 12.0 Å². The maximum absolute atomic E-state index is 12.5. The number of likely N-dealkylation sites (tertiary alicyclic amines) is 1. The summed E-state index contributed by atoms with van der Waals surface area (Å²) in [6.07, 6.45) is 6.01. The standard InChI is InChI=1S/C18H22F4N2O3/c19-17(20)26-14-6-4-13(15(12-14)27-18(21)22)5-7-16(25)23-8-11-24-9-2-1-3-10-24/h4-7,12,17-18H,1-3,8-11H2,(H,23,25). The minimum absolute atomic E-state index is 0.142. The fourth-order valence-electron chi connectivity index (χ4n) is 2.77. The summed E-state index contributed by atoms with van der Waals surface area (Å²) in [6.45, 7) is -2.96. The third-order valence-electron chi connectivity index (χ3n) is 4.02. The van der Waals surface area contributed by atoms with Crippen LogP contribution in [0.1, 0.15) is 24.8 Å². The molecule has 9 heteroatoms. The molecule has 2 rings (SSSR count). The first kappa shape index (κ1) is 21.0. The van der Waals surface area contributed by atoms with E-state index in [9.17, 15) is 22.4 Å². The van der Waals surface area contributed by atoms with Crippen molar-refractivity contribution in [2.24, 2.45) is 0 Å². The van der Waals surface area contributed by atoms with E-state index in [1.165, 1.54) is 30.7 Å². The van der Waals surface area contributed by atoms with Crippen molar-refractivity contribution in [3.05, 3.63) is 29.8 Å². The van der Waals surface area contributed by atoms with Gasteiger partial charge in [-0.1, -0.05) is 6.42 Å². The van der Waals surface area contributed by atoms with Crippen LogP contribution in [0.5, 0.6) is 11.5 Å². The Kier molecular flexibility index (Phi) is 8.38. The fourth-order valence-corrected chi connectivity index (χ4v) is 2.77. The highest BCUT2D eigenvalue weighted by atomic mass is 19.3. The van der Waals surface area contributed by atoms with Crippen molar-refractivity contribution in [1.82, 2.24) is 10.2 Å².